The molecule has 3 aromatic rings. The van der Waals surface area contributed by atoms with Gasteiger partial charge in [-0.25, -0.2) is 4.98 Å². The van der Waals surface area contributed by atoms with Gasteiger partial charge in [0, 0.05) is 17.7 Å². The molecule has 1 amide bonds. The second-order valence-electron chi connectivity index (χ2n) is 6.04. The van der Waals surface area contributed by atoms with Crippen LogP contribution < -0.4 is 5.32 Å². The van der Waals surface area contributed by atoms with Crippen LogP contribution in [0, 0.1) is 6.92 Å². The van der Waals surface area contributed by atoms with Gasteiger partial charge in [-0.15, -0.1) is 11.3 Å². The van der Waals surface area contributed by atoms with E-state index in [2.05, 4.69) is 34.6 Å². The summed E-state index contributed by atoms with van der Waals surface area (Å²) in [7, 11) is 0. The molecule has 3 rings (SSSR count). The fraction of sp³-hybridized carbons (Fsp3) is 0.238. The van der Waals surface area contributed by atoms with Gasteiger partial charge in [0.05, 0.1) is 12.2 Å². The summed E-state index contributed by atoms with van der Waals surface area (Å²) in [5.74, 6) is 0.0707. The highest BCUT2D eigenvalue weighted by atomic mass is 32.1. The summed E-state index contributed by atoms with van der Waals surface area (Å²) in [5.41, 5.74) is 3.53. The van der Waals surface area contributed by atoms with Crippen LogP contribution in [0.4, 0.5) is 0 Å². The van der Waals surface area contributed by atoms with Gasteiger partial charge in [-0.1, -0.05) is 60.7 Å². The molecule has 0 aliphatic carbocycles. The van der Waals surface area contributed by atoms with E-state index >= 15 is 0 Å². The lowest BCUT2D eigenvalue weighted by molar-refractivity contribution is -0.121. The number of hydrogen-bond acceptors (Lipinski definition) is 3. The van der Waals surface area contributed by atoms with Crippen LogP contribution in [0.15, 0.2) is 60.7 Å². The number of nitrogens with one attached hydrogen (secondary N) is 1. The van der Waals surface area contributed by atoms with Crippen molar-refractivity contribution < 1.29 is 4.79 Å². The lowest BCUT2D eigenvalue weighted by Gasteiger charge is -2.03. The first-order valence-corrected chi connectivity index (χ1v) is 9.32. The molecule has 0 saturated heterocycles. The monoisotopic (exact) mass is 350 g/mol. The topological polar surface area (TPSA) is 42.0 Å². The Hall–Kier alpha value is -2.46. The van der Waals surface area contributed by atoms with Crippen molar-refractivity contribution in [1.29, 1.82) is 0 Å². The van der Waals surface area contributed by atoms with Gasteiger partial charge in [-0.05, 0) is 24.5 Å². The summed E-state index contributed by atoms with van der Waals surface area (Å²) in [6.07, 6.45) is 2.17. The maximum atomic E-state index is 12.0. The van der Waals surface area contributed by atoms with E-state index in [-0.39, 0.29) is 5.91 Å². The number of nitrogens with zero attached hydrogens (tertiary/aromatic N) is 1. The molecule has 0 aliphatic rings. The van der Waals surface area contributed by atoms with Crippen LogP contribution >= 0.6 is 11.3 Å². The van der Waals surface area contributed by atoms with Gasteiger partial charge in [0.15, 0.2) is 0 Å². The second-order valence-corrected chi connectivity index (χ2v) is 7.21. The average molecular weight is 350 g/mol. The fourth-order valence-electron chi connectivity index (χ4n) is 2.67. The molecule has 1 aromatic heterocycles. The molecule has 3 nitrogen and oxygen atoms in total. The van der Waals surface area contributed by atoms with Gasteiger partial charge < -0.3 is 5.32 Å². The number of aryl methyl sites for hydroxylation is 2. The summed E-state index contributed by atoms with van der Waals surface area (Å²) in [6.45, 7) is 2.55. The Balaban J connectivity index is 1.50. The van der Waals surface area contributed by atoms with E-state index in [1.807, 2.05) is 43.3 Å². The number of benzene rings is 2. The first kappa shape index (κ1) is 17.4. The normalized spacial score (nSPS) is 10.6. The van der Waals surface area contributed by atoms with Crippen molar-refractivity contribution in [2.24, 2.45) is 0 Å². The maximum absolute atomic E-state index is 12.0. The van der Waals surface area contributed by atoms with E-state index in [0.29, 0.717) is 13.0 Å². The number of rotatable bonds is 7. The summed E-state index contributed by atoms with van der Waals surface area (Å²) in [6, 6.07) is 20.5. The Kier molecular flexibility index (Phi) is 5.96. The number of amides is 1. The lowest BCUT2D eigenvalue weighted by Crippen LogP contribution is -2.22. The Labute approximate surface area is 152 Å². The minimum atomic E-state index is 0.0707. The van der Waals surface area contributed by atoms with E-state index in [4.69, 9.17) is 0 Å². The van der Waals surface area contributed by atoms with E-state index in [1.54, 1.807) is 11.3 Å². The summed E-state index contributed by atoms with van der Waals surface area (Å²) in [5, 5.41) is 3.95. The lowest BCUT2D eigenvalue weighted by atomic mass is 10.1. The third-order valence-electron chi connectivity index (χ3n) is 4.06. The van der Waals surface area contributed by atoms with Crippen molar-refractivity contribution in [1.82, 2.24) is 10.3 Å². The van der Waals surface area contributed by atoms with Crippen LogP contribution in [-0.4, -0.2) is 10.9 Å². The molecule has 0 unspecified atom stereocenters. The van der Waals surface area contributed by atoms with E-state index in [0.717, 1.165) is 23.5 Å². The van der Waals surface area contributed by atoms with E-state index in [9.17, 15) is 4.79 Å². The van der Waals surface area contributed by atoms with Gasteiger partial charge in [-0.3, -0.25) is 4.79 Å². The first-order chi connectivity index (χ1) is 12.2. The molecule has 1 heterocycles. The predicted molar refractivity (Wildman–Crippen MR) is 103 cm³/mol. The first-order valence-electron chi connectivity index (χ1n) is 8.50. The molecule has 0 bridgehead atoms. The minimum Gasteiger partial charge on any atom is -0.350 e. The molecule has 0 saturated carbocycles. The predicted octanol–water partition coefficient (Wildman–Crippen LogP) is 4.29. The molecule has 0 aliphatic heterocycles. The highest BCUT2D eigenvalue weighted by molar-refractivity contribution is 7.11. The zero-order valence-corrected chi connectivity index (χ0v) is 15.2. The highest BCUT2D eigenvalue weighted by Crippen LogP contribution is 2.21. The number of thiazole rings is 1. The molecule has 0 radical (unpaired) electrons. The van der Waals surface area contributed by atoms with Gasteiger partial charge in [0.1, 0.15) is 5.01 Å². The van der Waals surface area contributed by atoms with Crippen LogP contribution in [0.3, 0.4) is 0 Å². The van der Waals surface area contributed by atoms with Crippen molar-refractivity contribution in [3.05, 3.63) is 87.4 Å². The van der Waals surface area contributed by atoms with Gasteiger partial charge >= 0.3 is 0 Å². The fourth-order valence-corrected chi connectivity index (χ4v) is 3.72. The SMILES string of the molecule is Cc1nc(CNC(=O)CCc2ccccc2)sc1Cc1ccccc1. The van der Waals surface area contributed by atoms with Gasteiger partial charge in [0.25, 0.3) is 0 Å². The Morgan fingerprint density at radius 3 is 2.32 bits per heavy atom. The molecule has 128 valence electrons. The Morgan fingerprint density at radius 1 is 1.00 bits per heavy atom. The maximum Gasteiger partial charge on any atom is 0.220 e. The molecule has 1 N–H and O–H groups in total. The van der Waals surface area contributed by atoms with Crippen molar-refractivity contribution in [2.75, 3.05) is 0 Å². The summed E-state index contributed by atoms with van der Waals surface area (Å²) >= 11 is 1.68. The minimum absolute atomic E-state index is 0.0707. The third-order valence-corrected chi connectivity index (χ3v) is 5.22. The van der Waals surface area contributed by atoms with Crippen LogP contribution in [0.2, 0.25) is 0 Å². The molecular weight excluding hydrogens is 328 g/mol. The van der Waals surface area contributed by atoms with E-state index < -0.39 is 0 Å². The zero-order chi connectivity index (χ0) is 17.5. The van der Waals surface area contributed by atoms with Crippen LogP contribution in [0.5, 0.6) is 0 Å². The third kappa shape index (κ3) is 5.26. The number of aromatic nitrogens is 1. The zero-order valence-electron chi connectivity index (χ0n) is 14.4. The smallest absolute Gasteiger partial charge is 0.220 e. The molecular formula is C21H22N2OS. The van der Waals surface area contributed by atoms with Gasteiger partial charge in [0.2, 0.25) is 5.91 Å². The molecule has 25 heavy (non-hydrogen) atoms. The quantitative estimate of drug-likeness (QED) is 0.690. The molecule has 2 aromatic carbocycles. The van der Waals surface area contributed by atoms with Crippen molar-refractivity contribution >= 4 is 17.2 Å². The largest absolute Gasteiger partial charge is 0.350 e. The summed E-state index contributed by atoms with van der Waals surface area (Å²) < 4.78 is 0. The Bertz CT molecular complexity index is 812. The highest BCUT2D eigenvalue weighted by Gasteiger charge is 2.09. The standard InChI is InChI=1S/C21H22N2OS/c1-16-19(14-18-10-6-3-7-11-18)25-21(23-16)15-22-20(24)13-12-17-8-4-2-5-9-17/h2-11H,12-15H2,1H3,(H,22,24). The number of hydrogen-bond donors (Lipinski definition) is 1. The van der Waals surface area contributed by atoms with Crippen molar-refractivity contribution in [3.8, 4) is 0 Å². The second kappa shape index (κ2) is 8.58. The number of carbonyl (C=O) groups excluding carboxylic acids is 1. The van der Waals surface area contributed by atoms with E-state index in [1.165, 1.54) is 16.0 Å². The van der Waals surface area contributed by atoms with Crippen LogP contribution in [0.25, 0.3) is 0 Å². The van der Waals surface area contributed by atoms with Crippen LogP contribution in [-0.2, 0) is 24.2 Å². The summed E-state index contributed by atoms with van der Waals surface area (Å²) in [4.78, 5) is 17.9. The van der Waals surface area contributed by atoms with Gasteiger partial charge in [-0.2, -0.15) is 0 Å². The van der Waals surface area contributed by atoms with Crippen molar-refractivity contribution in [2.45, 2.75) is 32.7 Å². The van der Waals surface area contributed by atoms with Crippen LogP contribution in [0.1, 0.15) is 33.1 Å². The molecule has 0 fully saturated rings. The Morgan fingerprint density at radius 2 is 1.64 bits per heavy atom. The van der Waals surface area contributed by atoms with Crippen molar-refractivity contribution in [3.63, 3.8) is 0 Å². The average Bonchev–Trinajstić information content (AvgIpc) is 2.99. The number of carbonyl (C=O) groups is 1. The molecule has 0 spiro atoms. The molecule has 0 atom stereocenters. The molecule has 4 heteroatoms.